The van der Waals surface area contributed by atoms with Crippen LogP contribution in [0.15, 0.2) is 23.9 Å². The summed E-state index contributed by atoms with van der Waals surface area (Å²) in [4.78, 5) is 2.42. The van der Waals surface area contributed by atoms with Crippen LogP contribution in [0.25, 0.3) is 0 Å². The molecule has 0 unspecified atom stereocenters. The van der Waals surface area contributed by atoms with Crippen molar-refractivity contribution in [1.82, 2.24) is 4.90 Å². The quantitative estimate of drug-likeness (QED) is 0.586. The molecule has 0 aromatic heterocycles. The molecule has 0 aromatic carbocycles. The lowest BCUT2D eigenvalue weighted by Crippen LogP contribution is -2.26. The topological polar surface area (TPSA) is 3.24 Å². The predicted octanol–water partition coefficient (Wildman–Crippen LogP) is 2.56. The van der Waals surface area contributed by atoms with Crippen LogP contribution < -0.4 is 0 Å². The first-order valence-corrected chi connectivity index (χ1v) is 4.36. The number of rotatable bonds is 2. The van der Waals surface area contributed by atoms with E-state index in [9.17, 15) is 0 Å². The van der Waals surface area contributed by atoms with E-state index >= 15 is 0 Å². The molecule has 1 aliphatic heterocycles. The smallest absolute Gasteiger partial charge is 0.0178 e. The van der Waals surface area contributed by atoms with Crippen molar-refractivity contribution in [1.29, 1.82) is 0 Å². The minimum absolute atomic E-state index is 1.13. The third-order valence-electron chi connectivity index (χ3n) is 2.44. The van der Waals surface area contributed by atoms with Crippen LogP contribution >= 0.6 is 0 Å². The first kappa shape index (κ1) is 8.38. The van der Waals surface area contributed by atoms with Crippen molar-refractivity contribution in [3.63, 3.8) is 0 Å². The lowest BCUT2D eigenvalue weighted by atomic mass is 10.0. The second-order valence-corrected chi connectivity index (χ2v) is 3.00. The van der Waals surface area contributed by atoms with Gasteiger partial charge in [0.25, 0.3) is 0 Å². The van der Waals surface area contributed by atoms with Crippen LogP contribution in [-0.2, 0) is 0 Å². The maximum Gasteiger partial charge on any atom is 0.0178 e. The molecule has 0 spiro atoms. The van der Waals surface area contributed by atoms with Crippen LogP contribution in [0.2, 0.25) is 0 Å². The highest BCUT2D eigenvalue weighted by Crippen LogP contribution is 2.21. The van der Waals surface area contributed by atoms with Gasteiger partial charge in [0, 0.05) is 18.8 Å². The largest absolute Gasteiger partial charge is 0.375 e. The highest BCUT2D eigenvalue weighted by molar-refractivity contribution is 5.24. The molecule has 0 fully saturated rings. The molecule has 0 aliphatic carbocycles. The SMILES string of the molecule is C=CC1=C(C)N(CC)CCC1. The van der Waals surface area contributed by atoms with E-state index in [0.717, 1.165) is 6.54 Å². The Kier molecular flexibility index (Phi) is 2.75. The lowest BCUT2D eigenvalue weighted by molar-refractivity contribution is 0.335. The maximum absolute atomic E-state index is 3.82. The van der Waals surface area contributed by atoms with Gasteiger partial charge in [-0.2, -0.15) is 0 Å². The van der Waals surface area contributed by atoms with E-state index in [2.05, 4.69) is 25.3 Å². The number of hydrogen-bond donors (Lipinski definition) is 0. The minimum atomic E-state index is 1.13. The van der Waals surface area contributed by atoms with Crippen molar-refractivity contribution >= 4 is 0 Å². The second kappa shape index (κ2) is 3.61. The third kappa shape index (κ3) is 1.65. The van der Waals surface area contributed by atoms with Crippen molar-refractivity contribution in [3.8, 4) is 0 Å². The van der Waals surface area contributed by atoms with E-state index in [1.54, 1.807) is 0 Å². The normalized spacial score (nSPS) is 18.9. The fourth-order valence-electron chi connectivity index (χ4n) is 1.66. The lowest BCUT2D eigenvalue weighted by Gasteiger charge is -2.30. The molecule has 1 aliphatic rings. The molecule has 1 heteroatoms. The van der Waals surface area contributed by atoms with E-state index < -0.39 is 0 Å². The summed E-state index contributed by atoms with van der Waals surface area (Å²) in [5.74, 6) is 0. The van der Waals surface area contributed by atoms with E-state index in [1.807, 2.05) is 6.08 Å². The predicted molar refractivity (Wildman–Crippen MR) is 49.4 cm³/mol. The molecule has 62 valence electrons. The molecule has 1 rings (SSSR count). The Labute approximate surface area is 69.4 Å². The maximum atomic E-state index is 3.82. The Morgan fingerprint density at radius 3 is 2.91 bits per heavy atom. The number of allylic oxidation sites excluding steroid dienone is 3. The molecular formula is C10H17N. The van der Waals surface area contributed by atoms with E-state index in [0.29, 0.717) is 0 Å². The van der Waals surface area contributed by atoms with Crippen LogP contribution in [0.3, 0.4) is 0 Å². The van der Waals surface area contributed by atoms with Gasteiger partial charge in [-0.1, -0.05) is 12.7 Å². The van der Waals surface area contributed by atoms with Gasteiger partial charge in [-0.25, -0.2) is 0 Å². The summed E-state index contributed by atoms with van der Waals surface area (Å²) in [6, 6.07) is 0. The van der Waals surface area contributed by atoms with Gasteiger partial charge in [-0.05, 0) is 32.3 Å². The summed E-state index contributed by atoms with van der Waals surface area (Å²) in [7, 11) is 0. The molecule has 0 N–H and O–H groups in total. The van der Waals surface area contributed by atoms with Gasteiger partial charge in [-0.3, -0.25) is 0 Å². The van der Waals surface area contributed by atoms with Crippen LogP contribution in [0.5, 0.6) is 0 Å². The van der Waals surface area contributed by atoms with Crippen molar-refractivity contribution in [3.05, 3.63) is 23.9 Å². The van der Waals surface area contributed by atoms with Crippen molar-refractivity contribution in [2.45, 2.75) is 26.7 Å². The summed E-state index contributed by atoms with van der Waals surface area (Å²) in [5, 5.41) is 0. The molecule has 0 aromatic rings. The molecule has 0 bridgehead atoms. The Balaban J connectivity index is 2.79. The number of hydrogen-bond acceptors (Lipinski definition) is 1. The first-order valence-electron chi connectivity index (χ1n) is 4.36. The minimum Gasteiger partial charge on any atom is -0.375 e. The van der Waals surface area contributed by atoms with Gasteiger partial charge in [-0.15, -0.1) is 0 Å². The fourth-order valence-corrected chi connectivity index (χ4v) is 1.66. The summed E-state index contributed by atoms with van der Waals surface area (Å²) in [5.41, 5.74) is 2.85. The zero-order chi connectivity index (χ0) is 8.27. The van der Waals surface area contributed by atoms with Gasteiger partial charge >= 0.3 is 0 Å². The molecule has 1 heterocycles. The van der Waals surface area contributed by atoms with Gasteiger partial charge < -0.3 is 4.90 Å². The van der Waals surface area contributed by atoms with Crippen LogP contribution in [0.4, 0.5) is 0 Å². The monoisotopic (exact) mass is 151 g/mol. The standard InChI is InChI=1S/C10H17N/c1-4-10-7-6-8-11(5-2)9(10)3/h4H,1,5-8H2,2-3H3. The van der Waals surface area contributed by atoms with Crippen molar-refractivity contribution < 1.29 is 0 Å². The van der Waals surface area contributed by atoms with E-state index in [1.165, 1.54) is 30.7 Å². The second-order valence-electron chi connectivity index (χ2n) is 3.00. The fraction of sp³-hybridized carbons (Fsp3) is 0.600. The molecule has 0 saturated heterocycles. The van der Waals surface area contributed by atoms with Crippen LogP contribution in [0.1, 0.15) is 26.7 Å². The van der Waals surface area contributed by atoms with E-state index in [-0.39, 0.29) is 0 Å². The van der Waals surface area contributed by atoms with E-state index in [4.69, 9.17) is 0 Å². The number of nitrogens with zero attached hydrogens (tertiary/aromatic N) is 1. The van der Waals surface area contributed by atoms with Gasteiger partial charge in [0.15, 0.2) is 0 Å². The zero-order valence-corrected chi connectivity index (χ0v) is 7.56. The first-order chi connectivity index (χ1) is 5.29. The highest BCUT2D eigenvalue weighted by Gasteiger charge is 2.11. The Hall–Kier alpha value is -0.720. The molecular weight excluding hydrogens is 134 g/mol. The highest BCUT2D eigenvalue weighted by atomic mass is 15.1. The molecule has 0 atom stereocenters. The molecule has 0 saturated carbocycles. The van der Waals surface area contributed by atoms with Gasteiger partial charge in [0.05, 0.1) is 0 Å². The molecule has 11 heavy (non-hydrogen) atoms. The van der Waals surface area contributed by atoms with Crippen molar-refractivity contribution in [2.75, 3.05) is 13.1 Å². The average molecular weight is 151 g/mol. The average Bonchev–Trinajstić information content (AvgIpc) is 2.05. The molecule has 1 nitrogen and oxygen atoms in total. The summed E-state index contributed by atoms with van der Waals surface area (Å²) < 4.78 is 0. The summed E-state index contributed by atoms with van der Waals surface area (Å²) in [6.07, 6.45) is 4.50. The Bertz CT molecular complexity index is 179. The molecule has 0 amide bonds. The summed E-state index contributed by atoms with van der Waals surface area (Å²) in [6.45, 7) is 10.6. The Morgan fingerprint density at radius 1 is 1.64 bits per heavy atom. The Morgan fingerprint density at radius 2 is 2.36 bits per heavy atom. The zero-order valence-electron chi connectivity index (χ0n) is 7.56. The van der Waals surface area contributed by atoms with Crippen LogP contribution in [-0.4, -0.2) is 18.0 Å². The van der Waals surface area contributed by atoms with Gasteiger partial charge in [0.1, 0.15) is 0 Å². The summed E-state index contributed by atoms with van der Waals surface area (Å²) >= 11 is 0. The third-order valence-corrected chi connectivity index (χ3v) is 2.44. The van der Waals surface area contributed by atoms with Crippen LogP contribution in [0, 0.1) is 0 Å². The van der Waals surface area contributed by atoms with Crippen molar-refractivity contribution in [2.24, 2.45) is 0 Å². The molecule has 0 radical (unpaired) electrons. The van der Waals surface area contributed by atoms with Gasteiger partial charge in [0.2, 0.25) is 0 Å².